The molecule has 0 fully saturated rings. The summed E-state index contributed by atoms with van der Waals surface area (Å²) in [6, 6.07) is 14.2. The molecule has 142 valence electrons. The van der Waals surface area contributed by atoms with Crippen LogP contribution in [0.1, 0.15) is 22.5 Å². The van der Waals surface area contributed by atoms with E-state index in [0.29, 0.717) is 11.7 Å². The topological polar surface area (TPSA) is 80.0 Å². The molecule has 3 heterocycles. The van der Waals surface area contributed by atoms with Crippen LogP contribution in [-0.2, 0) is 6.42 Å². The van der Waals surface area contributed by atoms with Crippen molar-refractivity contribution in [3.05, 3.63) is 71.2 Å². The fraction of sp³-hybridized carbons (Fsp3) is 0.238. The summed E-state index contributed by atoms with van der Waals surface area (Å²) in [6.07, 6.45) is 2.64. The van der Waals surface area contributed by atoms with Gasteiger partial charge in [-0.15, -0.1) is 5.10 Å². The van der Waals surface area contributed by atoms with Gasteiger partial charge < -0.3 is 10.6 Å². The highest BCUT2D eigenvalue weighted by molar-refractivity contribution is 5.61. The van der Waals surface area contributed by atoms with Gasteiger partial charge >= 0.3 is 0 Å². The Balaban J connectivity index is 1.56. The second-order valence-corrected chi connectivity index (χ2v) is 6.87. The van der Waals surface area contributed by atoms with E-state index in [-0.39, 0.29) is 0 Å². The fourth-order valence-electron chi connectivity index (χ4n) is 3.02. The minimum Gasteiger partial charge on any atom is -0.369 e. The molecule has 0 saturated heterocycles. The average molecular weight is 373 g/mol. The van der Waals surface area contributed by atoms with Gasteiger partial charge in [0.1, 0.15) is 5.82 Å². The van der Waals surface area contributed by atoms with E-state index in [0.717, 1.165) is 41.4 Å². The number of hydrogen-bond donors (Lipinski definition) is 2. The Labute approximate surface area is 163 Å². The van der Waals surface area contributed by atoms with E-state index in [1.807, 2.05) is 37.4 Å². The second kappa shape index (κ2) is 7.64. The summed E-state index contributed by atoms with van der Waals surface area (Å²) in [5.74, 6) is 1.95. The molecular weight excluding hydrogens is 350 g/mol. The quantitative estimate of drug-likeness (QED) is 0.534. The summed E-state index contributed by atoms with van der Waals surface area (Å²) in [7, 11) is 0. The van der Waals surface area contributed by atoms with Gasteiger partial charge in [-0.3, -0.25) is 4.98 Å². The van der Waals surface area contributed by atoms with Gasteiger partial charge in [0.05, 0.1) is 0 Å². The maximum Gasteiger partial charge on any atom is 0.256 e. The molecule has 0 aliphatic heterocycles. The normalized spacial score (nSPS) is 11.0. The number of aryl methyl sites for hydroxylation is 3. The highest BCUT2D eigenvalue weighted by Gasteiger charge is 2.11. The van der Waals surface area contributed by atoms with Crippen molar-refractivity contribution < 1.29 is 0 Å². The molecule has 4 rings (SSSR count). The minimum absolute atomic E-state index is 0.527. The van der Waals surface area contributed by atoms with Crippen LogP contribution >= 0.6 is 0 Å². The first-order valence-electron chi connectivity index (χ1n) is 9.31. The van der Waals surface area contributed by atoms with Gasteiger partial charge in [0.25, 0.3) is 5.78 Å². The molecule has 0 unspecified atom stereocenters. The second-order valence-electron chi connectivity index (χ2n) is 6.87. The number of anilines is 3. The zero-order chi connectivity index (χ0) is 19.5. The van der Waals surface area contributed by atoms with Crippen LogP contribution in [0, 0.1) is 20.8 Å². The number of nitrogens with zero attached hydrogens (tertiary/aromatic N) is 5. The van der Waals surface area contributed by atoms with E-state index in [4.69, 9.17) is 0 Å². The van der Waals surface area contributed by atoms with E-state index < -0.39 is 0 Å². The lowest BCUT2D eigenvalue weighted by Gasteiger charge is -2.08. The molecule has 0 bridgehead atoms. The lowest BCUT2D eigenvalue weighted by molar-refractivity contribution is 0.896. The van der Waals surface area contributed by atoms with Crippen molar-refractivity contribution in [2.45, 2.75) is 27.2 Å². The van der Waals surface area contributed by atoms with Crippen LogP contribution in [0.3, 0.4) is 0 Å². The number of aromatic nitrogens is 5. The average Bonchev–Trinajstić information content (AvgIpc) is 3.08. The standard InChI is InChI=1S/C21H23N7/c1-14-7-8-15(2)18(12-14)25-20-26-21-24-16(3)13-19(28(21)27-20)23-11-9-17-6-4-5-10-22-17/h4-8,10,12-13,23H,9,11H2,1-3H3,(H,25,27). The lowest BCUT2D eigenvalue weighted by Crippen LogP contribution is -2.10. The SMILES string of the molecule is Cc1ccc(C)c(Nc2nc3nc(C)cc(NCCc4ccccn4)n3n2)c1. The molecule has 7 heteroatoms. The maximum atomic E-state index is 4.60. The molecule has 0 amide bonds. The Morgan fingerprint density at radius 3 is 2.71 bits per heavy atom. The van der Waals surface area contributed by atoms with Crippen molar-refractivity contribution in [3.63, 3.8) is 0 Å². The van der Waals surface area contributed by atoms with Gasteiger partial charge in [-0.05, 0) is 50.1 Å². The van der Waals surface area contributed by atoms with Crippen molar-refractivity contribution in [3.8, 4) is 0 Å². The predicted octanol–water partition coefficient (Wildman–Crippen LogP) is 3.84. The summed E-state index contributed by atoms with van der Waals surface area (Å²) < 4.78 is 1.74. The zero-order valence-electron chi connectivity index (χ0n) is 16.3. The fourth-order valence-corrected chi connectivity index (χ4v) is 3.02. The molecule has 1 aromatic carbocycles. The van der Waals surface area contributed by atoms with Crippen LogP contribution in [0.15, 0.2) is 48.7 Å². The van der Waals surface area contributed by atoms with Crippen LogP contribution in [0.5, 0.6) is 0 Å². The molecule has 0 atom stereocenters. The Morgan fingerprint density at radius 2 is 1.89 bits per heavy atom. The number of nitrogens with one attached hydrogen (secondary N) is 2. The van der Waals surface area contributed by atoms with Gasteiger partial charge in [0, 0.05) is 42.3 Å². The third-order valence-electron chi connectivity index (χ3n) is 4.49. The van der Waals surface area contributed by atoms with Gasteiger partial charge in [-0.2, -0.15) is 9.50 Å². The Morgan fingerprint density at radius 1 is 1.00 bits per heavy atom. The largest absolute Gasteiger partial charge is 0.369 e. The van der Waals surface area contributed by atoms with Crippen LogP contribution in [-0.4, -0.2) is 31.1 Å². The molecule has 0 aliphatic rings. The third kappa shape index (κ3) is 3.93. The first-order chi connectivity index (χ1) is 13.6. The first-order valence-corrected chi connectivity index (χ1v) is 9.31. The van der Waals surface area contributed by atoms with Crippen molar-refractivity contribution in [2.24, 2.45) is 0 Å². The van der Waals surface area contributed by atoms with E-state index >= 15 is 0 Å². The number of fused-ring (bicyclic) bond motifs is 1. The summed E-state index contributed by atoms with van der Waals surface area (Å²) in [5.41, 5.74) is 5.26. The Kier molecular flexibility index (Phi) is 4.89. The minimum atomic E-state index is 0.527. The molecule has 0 aliphatic carbocycles. The number of hydrogen-bond acceptors (Lipinski definition) is 6. The molecule has 3 aromatic heterocycles. The lowest BCUT2D eigenvalue weighted by atomic mass is 10.1. The van der Waals surface area contributed by atoms with Crippen LogP contribution in [0.2, 0.25) is 0 Å². The van der Waals surface area contributed by atoms with Gasteiger partial charge in [-0.1, -0.05) is 18.2 Å². The summed E-state index contributed by atoms with van der Waals surface area (Å²) in [6.45, 7) is 6.83. The highest BCUT2D eigenvalue weighted by Crippen LogP contribution is 2.21. The van der Waals surface area contributed by atoms with E-state index in [9.17, 15) is 0 Å². The summed E-state index contributed by atoms with van der Waals surface area (Å²) in [5, 5.41) is 11.3. The van der Waals surface area contributed by atoms with Crippen molar-refractivity contribution in [2.75, 3.05) is 17.2 Å². The Hall–Kier alpha value is -3.48. The molecule has 7 nitrogen and oxygen atoms in total. The zero-order valence-corrected chi connectivity index (χ0v) is 16.3. The molecule has 0 spiro atoms. The maximum absolute atomic E-state index is 4.60. The van der Waals surface area contributed by atoms with E-state index in [2.05, 4.69) is 62.7 Å². The van der Waals surface area contributed by atoms with Gasteiger partial charge in [-0.25, -0.2) is 4.98 Å². The van der Waals surface area contributed by atoms with E-state index in [1.165, 1.54) is 5.56 Å². The first kappa shape index (κ1) is 17.9. The van der Waals surface area contributed by atoms with Gasteiger partial charge in [0.15, 0.2) is 0 Å². The monoisotopic (exact) mass is 373 g/mol. The molecule has 0 saturated carbocycles. The number of rotatable bonds is 6. The van der Waals surface area contributed by atoms with Crippen LogP contribution < -0.4 is 10.6 Å². The number of pyridine rings is 1. The van der Waals surface area contributed by atoms with E-state index in [1.54, 1.807) is 4.52 Å². The summed E-state index contributed by atoms with van der Waals surface area (Å²) >= 11 is 0. The van der Waals surface area contributed by atoms with Crippen molar-refractivity contribution >= 4 is 23.2 Å². The molecule has 0 radical (unpaired) electrons. The van der Waals surface area contributed by atoms with Crippen molar-refractivity contribution in [1.82, 2.24) is 24.6 Å². The van der Waals surface area contributed by atoms with Gasteiger partial charge in [0.2, 0.25) is 5.95 Å². The molecule has 2 N–H and O–H groups in total. The predicted molar refractivity (Wildman–Crippen MR) is 111 cm³/mol. The smallest absolute Gasteiger partial charge is 0.256 e. The van der Waals surface area contributed by atoms with Crippen LogP contribution in [0.4, 0.5) is 17.5 Å². The van der Waals surface area contributed by atoms with Crippen LogP contribution in [0.25, 0.3) is 5.78 Å². The third-order valence-corrected chi connectivity index (χ3v) is 4.49. The number of benzene rings is 1. The molecule has 28 heavy (non-hydrogen) atoms. The molecule has 4 aromatic rings. The van der Waals surface area contributed by atoms with Crippen molar-refractivity contribution in [1.29, 1.82) is 0 Å². The Bertz CT molecular complexity index is 1100. The molecular formula is C21H23N7. The highest BCUT2D eigenvalue weighted by atomic mass is 15.4. The summed E-state index contributed by atoms with van der Waals surface area (Å²) in [4.78, 5) is 13.4.